The van der Waals surface area contributed by atoms with Crippen molar-refractivity contribution in [3.8, 4) is 0 Å². The summed E-state index contributed by atoms with van der Waals surface area (Å²) in [6.45, 7) is 6.01. The SMILES string of the molecule is CCC1(CC)[C@H](NC(=O)N2CCC(n3ccnc3)CC2)C[C@H]1OC. The monoisotopic (exact) mass is 334 g/mol. The van der Waals surface area contributed by atoms with Gasteiger partial charge in [0.15, 0.2) is 0 Å². The molecular weight excluding hydrogens is 304 g/mol. The topological polar surface area (TPSA) is 59.4 Å². The fraction of sp³-hybridized carbons (Fsp3) is 0.778. The Hall–Kier alpha value is -1.56. The number of piperidine rings is 1. The number of rotatable bonds is 5. The molecule has 0 radical (unpaired) electrons. The van der Waals surface area contributed by atoms with E-state index in [0.29, 0.717) is 6.04 Å². The molecule has 2 amide bonds. The quantitative estimate of drug-likeness (QED) is 0.901. The fourth-order valence-electron chi connectivity index (χ4n) is 4.57. The maximum absolute atomic E-state index is 12.7. The van der Waals surface area contributed by atoms with Gasteiger partial charge in [-0.2, -0.15) is 0 Å². The molecule has 1 aliphatic heterocycles. The third kappa shape index (κ3) is 2.92. The first-order valence-corrected chi connectivity index (χ1v) is 9.20. The van der Waals surface area contributed by atoms with Gasteiger partial charge in [0.25, 0.3) is 0 Å². The lowest BCUT2D eigenvalue weighted by atomic mass is 9.58. The van der Waals surface area contributed by atoms with Crippen molar-refractivity contribution in [2.24, 2.45) is 5.41 Å². The summed E-state index contributed by atoms with van der Waals surface area (Å²) in [7, 11) is 1.78. The second-order valence-electron chi connectivity index (χ2n) is 7.13. The molecule has 1 saturated heterocycles. The van der Waals surface area contributed by atoms with E-state index < -0.39 is 0 Å². The highest BCUT2D eigenvalue weighted by atomic mass is 16.5. The van der Waals surface area contributed by atoms with E-state index in [1.165, 1.54) is 0 Å². The van der Waals surface area contributed by atoms with Crippen LogP contribution >= 0.6 is 0 Å². The molecule has 0 spiro atoms. The van der Waals surface area contributed by atoms with Crippen LogP contribution in [-0.2, 0) is 4.74 Å². The number of amides is 2. The molecule has 0 bridgehead atoms. The van der Waals surface area contributed by atoms with Crippen molar-refractivity contribution in [2.45, 2.75) is 64.1 Å². The van der Waals surface area contributed by atoms with Crippen LogP contribution in [0.1, 0.15) is 52.0 Å². The number of imidazole rings is 1. The maximum atomic E-state index is 12.7. The highest BCUT2D eigenvalue weighted by molar-refractivity contribution is 5.75. The zero-order chi connectivity index (χ0) is 17.2. The number of urea groups is 1. The van der Waals surface area contributed by atoms with Crippen LogP contribution in [0, 0.1) is 5.41 Å². The van der Waals surface area contributed by atoms with Gasteiger partial charge in [-0.05, 0) is 32.1 Å². The van der Waals surface area contributed by atoms with E-state index in [4.69, 9.17) is 4.74 Å². The predicted octanol–water partition coefficient (Wildman–Crippen LogP) is 2.82. The molecule has 1 aromatic rings. The lowest BCUT2D eigenvalue weighted by molar-refractivity contribution is -0.120. The number of likely N-dealkylation sites (tertiary alicyclic amines) is 1. The van der Waals surface area contributed by atoms with Crippen LogP contribution in [0.3, 0.4) is 0 Å². The Morgan fingerprint density at radius 3 is 2.58 bits per heavy atom. The average Bonchev–Trinajstić information content (AvgIpc) is 3.14. The summed E-state index contributed by atoms with van der Waals surface area (Å²) in [5, 5.41) is 3.28. The molecule has 1 N–H and O–H groups in total. The summed E-state index contributed by atoms with van der Waals surface area (Å²) >= 11 is 0. The summed E-state index contributed by atoms with van der Waals surface area (Å²) in [6, 6.07) is 0.782. The van der Waals surface area contributed by atoms with Crippen molar-refractivity contribution < 1.29 is 9.53 Å². The highest BCUT2D eigenvalue weighted by Crippen LogP contribution is 2.48. The van der Waals surface area contributed by atoms with E-state index in [0.717, 1.165) is 45.2 Å². The van der Waals surface area contributed by atoms with Crippen molar-refractivity contribution in [1.29, 1.82) is 0 Å². The lowest BCUT2D eigenvalue weighted by Gasteiger charge is -2.55. The van der Waals surface area contributed by atoms with Crippen molar-refractivity contribution in [3.63, 3.8) is 0 Å². The van der Waals surface area contributed by atoms with Crippen LogP contribution in [0.5, 0.6) is 0 Å². The lowest BCUT2D eigenvalue weighted by Crippen LogP contribution is -2.65. The number of aromatic nitrogens is 2. The van der Waals surface area contributed by atoms with E-state index >= 15 is 0 Å². The molecule has 2 heterocycles. The fourth-order valence-corrected chi connectivity index (χ4v) is 4.57. The maximum Gasteiger partial charge on any atom is 0.317 e. The van der Waals surface area contributed by atoms with Gasteiger partial charge in [-0.25, -0.2) is 9.78 Å². The van der Waals surface area contributed by atoms with Gasteiger partial charge in [0.2, 0.25) is 0 Å². The molecule has 1 saturated carbocycles. The summed E-state index contributed by atoms with van der Waals surface area (Å²) in [6.07, 6.45) is 10.9. The Bertz CT molecular complexity index is 533. The normalized spacial score (nSPS) is 26.9. The molecule has 0 unspecified atom stereocenters. The molecule has 2 aliphatic rings. The Morgan fingerprint density at radius 1 is 1.33 bits per heavy atom. The number of carbonyl (C=O) groups excluding carboxylic acids is 1. The van der Waals surface area contributed by atoms with Crippen LogP contribution in [0.2, 0.25) is 0 Å². The number of hydrogen-bond donors (Lipinski definition) is 1. The van der Waals surface area contributed by atoms with Gasteiger partial charge in [0.05, 0.1) is 12.4 Å². The van der Waals surface area contributed by atoms with E-state index in [-0.39, 0.29) is 23.6 Å². The van der Waals surface area contributed by atoms with E-state index in [9.17, 15) is 4.79 Å². The molecule has 2 fully saturated rings. The average molecular weight is 334 g/mol. The Morgan fingerprint density at radius 2 is 2.04 bits per heavy atom. The molecule has 1 aliphatic carbocycles. The third-order valence-corrected chi connectivity index (χ3v) is 6.38. The minimum absolute atomic E-state index is 0.0879. The van der Waals surface area contributed by atoms with Gasteiger partial charge in [-0.3, -0.25) is 0 Å². The largest absolute Gasteiger partial charge is 0.381 e. The number of methoxy groups -OCH3 is 1. The molecular formula is C18H30N4O2. The molecule has 2 atom stereocenters. The number of ether oxygens (including phenoxy) is 1. The van der Waals surface area contributed by atoms with Crippen LogP contribution in [0.15, 0.2) is 18.7 Å². The van der Waals surface area contributed by atoms with Crippen molar-refractivity contribution >= 4 is 6.03 Å². The van der Waals surface area contributed by atoms with Gasteiger partial charge in [-0.15, -0.1) is 0 Å². The minimum atomic E-state index is 0.0879. The zero-order valence-corrected chi connectivity index (χ0v) is 15.1. The van der Waals surface area contributed by atoms with Crippen LogP contribution in [-0.4, -0.2) is 52.8 Å². The Kier molecular flexibility index (Phi) is 5.13. The van der Waals surface area contributed by atoms with Crippen LogP contribution in [0.25, 0.3) is 0 Å². The van der Waals surface area contributed by atoms with Gasteiger partial charge < -0.3 is 19.5 Å². The van der Waals surface area contributed by atoms with Gasteiger partial charge in [-0.1, -0.05) is 13.8 Å². The minimum Gasteiger partial charge on any atom is -0.381 e. The summed E-state index contributed by atoms with van der Waals surface area (Å²) in [5.74, 6) is 0. The van der Waals surface area contributed by atoms with Crippen LogP contribution in [0.4, 0.5) is 4.79 Å². The standard InChI is InChI=1S/C18H30N4O2/c1-4-18(5-2)15(12-16(18)24-3)20-17(23)21-9-6-14(7-10-21)22-11-8-19-13-22/h8,11,13-16H,4-7,9-10,12H2,1-3H3,(H,20,23)/t15-,16-/m1/s1. The van der Waals surface area contributed by atoms with Crippen molar-refractivity contribution in [1.82, 2.24) is 19.8 Å². The first-order chi connectivity index (χ1) is 11.6. The first-order valence-electron chi connectivity index (χ1n) is 9.20. The second-order valence-corrected chi connectivity index (χ2v) is 7.13. The number of nitrogens with one attached hydrogen (secondary N) is 1. The predicted molar refractivity (Wildman–Crippen MR) is 92.8 cm³/mol. The van der Waals surface area contributed by atoms with E-state index in [1.54, 1.807) is 7.11 Å². The molecule has 24 heavy (non-hydrogen) atoms. The van der Waals surface area contributed by atoms with E-state index in [2.05, 4.69) is 28.7 Å². The number of hydrogen-bond acceptors (Lipinski definition) is 3. The first kappa shape index (κ1) is 17.3. The van der Waals surface area contributed by atoms with Crippen molar-refractivity contribution in [3.05, 3.63) is 18.7 Å². The molecule has 6 nitrogen and oxygen atoms in total. The Balaban J connectivity index is 1.53. The third-order valence-electron chi connectivity index (χ3n) is 6.38. The van der Waals surface area contributed by atoms with Crippen molar-refractivity contribution in [2.75, 3.05) is 20.2 Å². The molecule has 0 aromatic carbocycles. The summed E-state index contributed by atoms with van der Waals surface area (Å²) in [5.41, 5.74) is 0.0968. The van der Waals surface area contributed by atoms with Gasteiger partial charge in [0, 0.05) is 50.1 Å². The summed E-state index contributed by atoms with van der Waals surface area (Å²) < 4.78 is 7.78. The summed E-state index contributed by atoms with van der Waals surface area (Å²) in [4.78, 5) is 18.7. The smallest absolute Gasteiger partial charge is 0.317 e. The van der Waals surface area contributed by atoms with Gasteiger partial charge in [0.1, 0.15) is 0 Å². The molecule has 6 heteroatoms. The second kappa shape index (κ2) is 7.13. The molecule has 1 aromatic heterocycles. The van der Waals surface area contributed by atoms with E-state index in [1.807, 2.05) is 23.6 Å². The Labute approximate surface area is 144 Å². The highest BCUT2D eigenvalue weighted by Gasteiger charge is 2.53. The zero-order valence-electron chi connectivity index (χ0n) is 15.1. The van der Waals surface area contributed by atoms with Crippen LogP contribution < -0.4 is 5.32 Å². The number of nitrogens with zero attached hydrogens (tertiary/aromatic N) is 3. The number of carbonyl (C=O) groups is 1. The molecule has 134 valence electrons. The molecule has 3 rings (SSSR count). The van der Waals surface area contributed by atoms with Gasteiger partial charge >= 0.3 is 6.03 Å².